The fraction of sp³-hybridized carbons (Fsp3) is 0.455. The molecule has 6 nitrogen and oxygen atoms in total. The molecule has 4 rings (SSSR count). The first kappa shape index (κ1) is 28.6. The number of nitrogens with zero attached hydrogens (tertiary/aromatic N) is 1. The number of carbonyl (C=O) groups is 2. The number of rotatable bonds is 12. The van der Waals surface area contributed by atoms with E-state index in [4.69, 9.17) is 9.47 Å². The lowest BCUT2D eigenvalue weighted by Crippen LogP contribution is -2.54. The van der Waals surface area contributed by atoms with E-state index in [0.29, 0.717) is 31.1 Å². The Morgan fingerprint density at radius 2 is 1.74 bits per heavy atom. The molecule has 2 aromatic carbocycles. The van der Waals surface area contributed by atoms with Crippen LogP contribution in [0.5, 0.6) is 5.75 Å². The molecule has 2 aromatic rings. The van der Waals surface area contributed by atoms with E-state index in [2.05, 4.69) is 64.9 Å². The van der Waals surface area contributed by atoms with Crippen LogP contribution in [0.25, 0.3) is 0 Å². The van der Waals surface area contributed by atoms with Gasteiger partial charge < -0.3 is 14.8 Å². The lowest BCUT2D eigenvalue weighted by molar-refractivity contribution is -0.120. The molecule has 1 N–H and O–H groups in total. The van der Waals surface area contributed by atoms with Crippen LogP contribution in [0.1, 0.15) is 67.4 Å². The summed E-state index contributed by atoms with van der Waals surface area (Å²) in [5.74, 6) is 0.121. The standard InChI is InChI=1S/C33H42N2O4/c1-3-21-38-30-23-26(16-17-29(30)32(37)39-22-4-2)24-31(36)34-25-28-15-9-10-18-33(28,27-13-7-5-8-14-27)35-19-11-6-12-20-35/h5,7-10,13-18,23,28H,3-4,6,11-12,19-22,24-25H2,1-2H3,(H,34,36). The molecule has 1 aliphatic carbocycles. The van der Waals surface area contributed by atoms with Crippen LogP contribution in [0.2, 0.25) is 0 Å². The number of likely N-dealkylation sites (tertiary alicyclic amines) is 1. The molecule has 0 bridgehead atoms. The number of ether oxygens (including phenoxy) is 2. The minimum absolute atomic E-state index is 0.0543. The van der Waals surface area contributed by atoms with E-state index in [1.165, 1.54) is 24.8 Å². The molecule has 39 heavy (non-hydrogen) atoms. The molecule has 2 atom stereocenters. The normalized spacial score (nSPS) is 20.9. The van der Waals surface area contributed by atoms with Crippen molar-refractivity contribution in [3.05, 3.63) is 89.5 Å². The van der Waals surface area contributed by atoms with E-state index in [1.54, 1.807) is 12.1 Å². The number of benzene rings is 2. The lowest BCUT2D eigenvalue weighted by atomic mass is 9.73. The Kier molecular flexibility index (Phi) is 10.4. The van der Waals surface area contributed by atoms with E-state index < -0.39 is 5.97 Å². The second kappa shape index (κ2) is 14.1. The van der Waals surface area contributed by atoms with Crippen molar-refractivity contribution in [2.45, 2.75) is 57.9 Å². The first-order valence-corrected chi connectivity index (χ1v) is 14.4. The SMILES string of the molecule is CCCOC(=O)c1ccc(CC(=O)NCC2C=CC=CC2(c2ccccc2)N2CCCCC2)cc1OCCC. The summed E-state index contributed by atoms with van der Waals surface area (Å²) in [6.45, 7) is 7.45. The first-order valence-electron chi connectivity index (χ1n) is 14.4. The van der Waals surface area contributed by atoms with Crippen LogP contribution < -0.4 is 10.1 Å². The van der Waals surface area contributed by atoms with Crippen molar-refractivity contribution >= 4 is 11.9 Å². The van der Waals surface area contributed by atoms with Gasteiger partial charge in [-0.15, -0.1) is 0 Å². The number of allylic oxidation sites excluding steroid dienone is 2. The second-order valence-electron chi connectivity index (χ2n) is 10.4. The monoisotopic (exact) mass is 530 g/mol. The molecule has 6 heteroatoms. The van der Waals surface area contributed by atoms with Gasteiger partial charge in [0.25, 0.3) is 0 Å². The van der Waals surface area contributed by atoms with E-state index in [1.807, 2.05) is 19.9 Å². The predicted octanol–water partition coefficient (Wildman–Crippen LogP) is 5.82. The van der Waals surface area contributed by atoms with E-state index in [9.17, 15) is 9.59 Å². The Hall–Kier alpha value is -3.38. The Balaban J connectivity index is 1.48. The summed E-state index contributed by atoms with van der Waals surface area (Å²) in [5, 5.41) is 3.21. The highest BCUT2D eigenvalue weighted by Crippen LogP contribution is 2.42. The molecule has 0 aromatic heterocycles. The van der Waals surface area contributed by atoms with Gasteiger partial charge in [0, 0.05) is 12.5 Å². The topological polar surface area (TPSA) is 67.9 Å². The largest absolute Gasteiger partial charge is 0.493 e. The van der Waals surface area contributed by atoms with Crippen molar-refractivity contribution in [3.63, 3.8) is 0 Å². The zero-order valence-corrected chi connectivity index (χ0v) is 23.4. The highest BCUT2D eigenvalue weighted by molar-refractivity contribution is 5.93. The first-order chi connectivity index (χ1) is 19.1. The molecule has 1 saturated heterocycles. The number of nitrogens with one attached hydrogen (secondary N) is 1. The van der Waals surface area contributed by atoms with Gasteiger partial charge in [0.1, 0.15) is 11.3 Å². The maximum Gasteiger partial charge on any atom is 0.341 e. The Labute approximate surface area is 233 Å². The van der Waals surface area contributed by atoms with E-state index in [0.717, 1.165) is 31.5 Å². The predicted molar refractivity (Wildman–Crippen MR) is 155 cm³/mol. The van der Waals surface area contributed by atoms with E-state index >= 15 is 0 Å². The summed E-state index contributed by atoms with van der Waals surface area (Å²) in [5.41, 5.74) is 2.17. The summed E-state index contributed by atoms with van der Waals surface area (Å²) < 4.78 is 11.2. The van der Waals surface area contributed by atoms with Gasteiger partial charge in [0.05, 0.1) is 25.2 Å². The Morgan fingerprint density at radius 1 is 0.974 bits per heavy atom. The molecule has 0 spiro atoms. The highest BCUT2D eigenvalue weighted by Gasteiger charge is 2.43. The summed E-state index contributed by atoms with van der Waals surface area (Å²) in [6, 6.07) is 16.0. The zero-order valence-electron chi connectivity index (χ0n) is 23.4. The molecule has 2 unspecified atom stereocenters. The van der Waals surface area contributed by atoms with Gasteiger partial charge in [-0.25, -0.2) is 4.79 Å². The van der Waals surface area contributed by atoms with Gasteiger partial charge in [0.2, 0.25) is 5.91 Å². The molecule has 0 saturated carbocycles. The third-order valence-corrected chi connectivity index (χ3v) is 7.53. The van der Waals surface area contributed by atoms with E-state index in [-0.39, 0.29) is 23.8 Å². The smallest absolute Gasteiger partial charge is 0.341 e. The van der Waals surface area contributed by atoms with Crippen LogP contribution in [-0.4, -0.2) is 49.6 Å². The molecule has 1 fully saturated rings. The molecule has 0 radical (unpaired) electrons. The molecule has 1 amide bonds. The number of amides is 1. The number of piperidine rings is 1. The number of hydrogen-bond donors (Lipinski definition) is 1. The van der Waals surface area contributed by atoms with Gasteiger partial charge in [-0.05, 0) is 62.0 Å². The van der Waals surface area contributed by atoms with Crippen LogP contribution in [0.15, 0.2) is 72.8 Å². The molecule has 2 aliphatic rings. The van der Waals surface area contributed by atoms with Crippen molar-refractivity contribution < 1.29 is 19.1 Å². The van der Waals surface area contributed by atoms with Crippen molar-refractivity contribution in [3.8, 4) is 5.75 Å². The number of carbonyl (C=O) groups excluding carboxylic acids is 2. The van der Waals surface area contributed by atoms with Gasteiger partial charge in [0.15, 0.2) is 0 Å². The summed E-state index contributed by atoms with van der Waals surface area (Å²) in [4.78, 5) is 28.3. The molecular formula is C33H42N2O4. The maximum absolute atomic E-state index is 13.2. The molecular weight excluding hydrogens is 488 g/mol. The van der Waals surface area contributed by atoms with Crippen LogP contribution >= 0.6 is 0 Å². The fourth-order valence-electron chi connectivity index (χ4n) is 5.62. The summed E-state index contributed by atoms with van der Waals surface area (Å²) in [6.07, 6.45) is 14.2. The minimum Gasteiger partial charge on any atom is -0.493 e. The zero-order chi connectivity index (χ0) is 27.5. The maximum atomic E-state index is 13.2. The number of esters is 1. The lowest BCUT2D eigenvalue weighted by Gasteiger charge is -2.49. The van der Waals surface area contributed by atoms with Crippen molar-refractivity contribution in [2.24, 2.45) is 5.92 Å². The second-order valence-corrected chi connectivity index (χ2v) is 10.4. The third-order valence-electron chi connectivity index (χ3n) is 7.53. The van der Waals surface area contributed by atoms with Crippen LogP contribution in [-0.2, 0) is 21.5 Å². The van der Waals surface area contributed by atoms with Gasteiger partial charge in [-0.1, -0.05) is 81.0 Å². The highest BCUT2D eigenvalue weighted by atomic mass is 16.5. The summed E-state index contributed by atoms with van der Waals surface area (Å²) in [7, 11) is 0. The molecule has 208 valence electrons. The minimum atomic E-state index is -0.397. The quantitative estimate of drug-likeness (QED) is 0.350. The third kappa shape index (κ3) is 6.99. The average molecular weight is 531 g/mol. The van der Waals surface area contributed by atoms with Crippen molar-refractivity contribution in [1.82, 2.24) is 10.2 Å². The number of hydrogen-bond acceptors (Lipinski definition) is 5. The van der Waals surface area contributed by atoms with Gasteiger partial charge >= 0.3 is 5.97 Å². The van der Waals surface area contributed by atoms with Crippen LogP contribution in [0.4, 0.5) is 0 Å². The van der Waals surface area contributed by atoms with Crippen LogP contribution in [0.3, 0.4) is 0 Å². The molecule has 1 heterocycles. The van der Waals surface area contributed by atoms with Gasteiger partial charge in [-0.2, -0.15) is 0 Å². The summed E-state index contributed by atoms with van der Waals surface area (Å²) >= 11 is 0. The van der Waals surface area contributed by atoms with Crippen molar-refractivity contribution in [1.29, 1.82) is 0 Å². The Bertz CT molecular complexity index is 1150. The average Bonchev–Trinajstić information content (AvgIpc) is 2.98. The Morgan fingerprint density at radius 3 is 2.49 bits per heavy atom. The van der Waals surface area contributed by atoms with Crippen molar-refractivity contribution in [2.75, 3.05) is 32.8 Å². The van der Waals surface area contributed by atoms with Gasteiger partial charge in [-0.3, -0.25) is 9.69 Å². The fourth-order valence-corrected chi connectivity index (χ4v) is 5.62. The molecule has 1 aliphatic heterocycles. The van der Waals surface area contributed by atoms with Crippen LogP contribution in [0, 0.1) is 5.92 Å².